The second kappa shape index (κ2) is 11.5. The van der Waals surface area contributed by atoms with Crippen LogP contribution in [0.5, 0.6) is 0 Å². The average Bonchev–Trinajstić information content (AvgIpc) is 3.05. The summed E-state index contributed by atoms with van der Waals surface area (Å²) in [5.41, 5.74) is 0.451. The van der Waals surface area contributed by atoms with Crippen LogP contribution in [0.3, 0.4) is 0 Å². The number of amides is 5. The zero-order valence-corrected chi connectivity index (χ0v) is 21.2. The summed E-state index contributed by atoms with van der Waals surface area (Å²) in [6.45, 7) is 7.46. The van der Waals surface area contributed by atoms with Crippen molar-refractivity contribution >= 4 is 35.4 Å². The first-order valence-corrected chi connectivity index (χ1v) is 12.1. The molecule has 2 N–H and O–H groups in total. The molecule has 1 aromatic rings. The summed E-state index contributed by atoms with van der Waals surface area (Å²) in [6.07, 6.45) is 1.15. The molecule has 2 heterocycles. The number of ether oxygens (including phenoxy) is 2. The maximum Gasteiger partial charge on any atom is 0.410 e. The monoisotopic (exact) mass is 502 g/mol. The van der Waals surface area contributed by atoms with Gasteiger partial charge < -0.3 is 19.7 Å². The molecule has 11 nitrogen and oxygen atoms in total. The Hall–Kier alpha value is -3.47. The van der Waals surface area contributed by atoms with Crippen LogP contribution >= 0.6 is 0 Å². The Kier molecular flexibility index (Phi) is 8.67. The Balaban J connectivity index is 1.43. The van der Waals surface area contributed by atoms with Crippen LogP contribution in [0.1, 0.15) is 67.2 Å². The summed E-state index contributed by atoms with van der Waals surface area (Å²) in [5.74, 6) is -2.12. The maximum absolute atomic E-state index is 13.1. The number of benzene rings is 1. The van der Waals surface area contributed by atoms with Crippen molar-refractivity contribution in [2.24, 2.45) is 0 Å². The van der Waals surface area contributed by atoms with Crippen molar-refractivity contribution in [1.82, 2.24) is 15.1 Å². The van der Waals surface area contributed by atoms with Crippen LogP contribution in [0.25, 0.3) is 0 Å². The molecule has 0 spiro atoms. The third kappa shape index (κ3) is 6.60. The van der Waals surface area contributed by atoms with Gasteiger partial charge in [0.25, 0.3) is 11.8 Å². The van der Waals surface area contributed by atoms with Crippen molar-refractivity contribution in [3.05, 3.63) is 29.3 Å². The molecule has 1 atom stereocenters. The van der Waals surface area contributed by atoms with Gasteiger partial charge in [0, 0.05) is 45.5 Å². The predicted octanol–water partition coefficient (Wildman–Crippen LogP) is 2.16. The highest BCUT2D eigenvalue weighted by Crippen LogP contribution is 2.32. The van der Waals surface area contributed by atoms with Gasteiger partial charge in [-0.25, -0.2) is 4.79 Å². The summed E-state index contributed by atoms with van der Waals surface area (Å²) in [7, 11) is 1.68. The number of anilines is 1. The Morgan fingerprint density at radius 1 is 1.14 bits per heavy atom. The number of piperidine rings is 1. The van der Waals surface area contributed by atoms with E-state index in [4.69, 9.17) is 9.47 Å². The van der Waals surface area contributed by atoms with Crippen molar-refractivity contribution in [2.45, 2.75) is 58.1 Å². The van der Waals surface area contributed by atoms with Crippen molar-refractivity contribution in [3.8, 4) is 0 Å². The van der Waals surface area contributed by atoms with Crippen LogP contribution in [-0.2, 0) is 19.1 Å². The van der Waals surface area contributed by atoms with E-state index in [9.17, 15) is 24.0 Å². The summed E-state index contributed by atoms with van der Waals surface area (Å²) in [6, 6.07) is 3.96. The quantitative estimate of drug-likeness (QED) is 0.367. The lowest BCUT2D eigenvalue weighted by atomic mass is 10.0. The molecule has 3 rings (SSSR count). The first-order chi connectivity index (χ1) is 17.0. The molecule has 1 fully saturated rings. The number of hydrogen-bond acceptors (Lipinski definition) is 8. The number of nitrogens with zero attached hydrogens (tertiary/aromatic N) is 2. The summed E-state index contributed by atoms with van der Waals surface area (Å²) < 4.78 is 10.9. The molecule has 0 saturated carbocycles. The normalized spacial score (nSPS) is 17.7. The van der Waals surface area contributed by atoms with Crippen LogP contribution in [0.15, 0.2) is 18.2 Å². The van der Waals surface area contributed by atoms with Crippen molar-refractivity contribution in [1.29, 1.82) is 0 Å². The Bertz CT molecular complexity index is 1030. The van der Waals surface area contributed by atoms with Gasteiger partial charge in [0.1, 0.15) is 11.6 Å². The fourth-order valence-corrected chi connectivity index (χ4v) is 4.00. The zero-order valence-electron chi connectivity index (χ0n) is 21.2. The molecule has 1 unspecified atom stereocenters. The fourth-order valence-electron chi connectivity index (χ4n) is 4.00. The van der Waals surface area contributed by atoms with E-state index in [0.29, 0.717) is 44.8 Å². The van der Waals surface area contributed by atoms with E-state index in [1.807, 2.05) is 20.8 Å². The van der Waals surface area contributed by atoms with Crippen LogP contribution < -0.4 is 10.6 Å². The number of imide groups is 2. The first kappa shape index (κ1) is 27.1. The van der Waals surface area contributed by atoms with Crippen LogP contribution in [0, 0.1) is 0 Å². The van der Waals surface area contributed by atoms with Gasteiger partial charge in [0.15, 0.2) is 0 Å². The summed E-state index contributed by atoms with van der Waals surface area (Å²) >= 11 is 0. The van der Waals surface area contributed by atoms with E-state index in [1.54, 1.807) is 25.2 Å². The Labute approximate surface area is 210 Å². The fraction of sp³-hybridized carbons (Fsp3) is 0.560. The maximum atomic E-state index is 13.1. The standard InChI is InChI=1S/C25H34N4O7/c1-25(2,3)36-24(34)28(4)13-7-15-35-14-6-12-26-17-9-5-8-16-20(17)23(33)29(22(16)32)18-10-11-19(30)27-21(18)31/h5,8-9,18,26H,6-7,10-15H2,1-4H3,(H,27,30,31). The number of fused-ring (bicyclic) bond motifs is 1. The van der Waals surface area contributed by atoms with Crippen LogP contribution in [-0.4, -0.2) is 84.5 Å². The van der Waals surface area contributed by atoms with Crippen molar-refractivity contribution in [2.75, 3.05) is 38.7 Å². The van der Waals surface area contributed by atoms with Gasteiger partial charge in [0.2, 0.25) is 11.8 Å². The second-order valence-electron chi connectivity index (χ2n) is 9.82. The average molecular weight is 503 g/mol. The highest BCUT2D eigenvalue weighted by atomic mass is 16.6. The topological polar surface area (TPSA) is 134 Å². The first-order valence-electron chi connectivity index (χ1n) is 12.1. The molecular formula is C25H34N4O7. The third-order valence-corrected chi connectivity index (χ3v) is 5.74. The largest absolute Gasteiger partial charge is 0.444 e. The number of carbonyl (C=O) groups excluding carboxylic acids is 5. The molecule has 36 heavy (non-hydrogen) atoms. The van der Waals surface area contributed by atoms with Gasteiger partial charge in [-0.15, -0.1) is 0 Å². The third-order valence-electron chi connectivity index (χ3n) is 5.74. The smallest absolute Gasteiger partial charge is 0.410 e. The zero-order chi connectivity index (χ0) is 26.5. The molecule has 1 saturated heterocycles. The molecule has 1 aromatic carbocycles. The number of hydrogen-bond donors (Lipinski definition) is 2. The lowest BCUT2D eigenvalue weighted by molar-refractivity contribution is -0.136. The summed E-state index contributed by atoms with van der Waals surface area (Å²) in [5, 5.41) is 5.37. The molecule has 0 aliphatic carbocycles. The number of nitrogens with one attached hydrogen (secondary N) is 2. The highest BCUT2D eigenvalue weighted by Gasteiger charge is 2.45. The molecule has 5 amide bonds. The highest BCUT2D eigenvalue weighted by molar-refractivity contribution is 6.25. The van der Waals surface area contributed by atoms with Gasteiger partial charge in [-0.1, -0.05) is 6.07 Å². The minimum atomic E-state index is -0.995. The van der Waals surface area contributed by atoms with E-state index in [2.05, 4.69) is 10.6 Å². The molecule has 0 bridgehead atoms. The van der Waals surface area contributed by atoms with Crippen molar-refractivity contribution in [3.63, 3.8) is 0 Å². The Morgan fingerprint density at radius 3 is 2.56 bits per heavy atom. The Morgan fingerprint density at radius 2 is 1.86 bits per heavy atom. The minimum absolute atomic E-state index is 0.0756. The lowest BCUT2D eigenvalue weighted by Gasteiger charge is -2.27. The van der Waals surface area contributed by atoms with Crippen LogP contribution in [0.2, 0.25) is 0 Å². The molecule has 11 heteroatoms. The van der Waals surface area contributed by atoms with Crippen LogP contribution in [0.4, 0.5) is 10.5 Å². The minimum Gasteiger partial charge on any atom is -0.444 e. The molecule has 196 valence electrons. The van der Waals surface area contributed by atoms with Gasteiger partial charge in [-0.3, -0.25) is 29.4 Å². The van der Waals surface area contributed by atoms with E-state index >= 15 is 0 Å². The van der Waals surface area contributed by atoms with Gasteiger partial charge in [0.05, 0.1) is 11.1 Å². The molecule has 0 aromatic heterocycles. The summed E-state index contributed by atoms with van der Waals surface area (Å²) in [4.78, 5) is 64.0. The number of carbonyl (C=O) groups is 5. The lowest BCUT2D eigenvalue weighted by Crippen LogP contribution is -2.54. The number of rotatable bonds is 10. The van der Waals surface area contributed by atoms with E-state index < -0.39 is 35.3 Å². The van der Waals surface area contributed by atoms with Gasteiger partial charge in [-0.2, -0.15) is 0 Å². The van der Waals surface area contributed by atoms with E-state index in [0.717, 1.165) is 4.90 Å². The predicted molar refractivity (Wildman–Crippen MR) is 131 cm³/mol. The molecule has 2 aliphatic heterocycles. The molecule has 2 aliphatic rings. The molecular weight excluding hydrogens is 468 g/mol. The van der Waals surface area contributed by atoms with E-state index in [1.165, 1.54) is 4.90 Å². The van der Waals surface area contributed by atoms with Gasteiger partial charge in [-0.05, 0) is 52.2 Å². The van der Waals surface area contributed by atoms with Crippen molar-refractivity contribution < 1.29 is 33.4 Å². The molecule has 0 radical (unpaired) electrons. The SMILES string of the molecule is CN(CCCOCCCNc1cccc2c1C(=O)N(C1CCC(=O)NC1=O)C2=O)C(=O)OC(C)(C)C. The van der Waals surface area contributed by atoms with E-state index in [-0.39, 0.29) is 30.1 Å². The second-order valence-corrected chi connectivity index (χ2v) is 9.82. The van der Waals surface area contributed by atoms with Gasteiger partial charge >= 0.3 is 6.09 Å².